The number of ketones is 2. The number of allylic oxidation sites excluding steroid dienone is 2. The van der Waals surface area contributed by atoms with Crippen molar-refractivity contribution < 1.29 is 62.9 Å². The summed E-state index contributed by atoms with van der Waals surface area (Å²) in [5.74, 6) is -0.977. The van der Waals surface area contributed by atoms with Crippen LogP contribution >= 0.6 is 0 Å². The first-order valence-electron chi connectivity index (χ1n) is 33.6. The zero-order chi connectivity index (χ0) is 60.3. The number of carbonyl (C=O) groups excluding carboxylic acids is 4. The van der Waals surface area contributed by atoms with Crippen molar-refractivity contribution in [2.45, 2.75) is 360 Å². The maximum Gasteiger partial charge on any atom is 0.227 e. The van der Waals surface area contributed by atoms with E-state index in [4.69, 9.17) is 28.4 Å². The summed E-state index contributed by atoms with van der Waals surface area (Å²) in [6.45, 7) is 15.0. The predicted octanol–water partition coefficient (Wildman–Crippen LogP) is 14.4. The molecule has 480 valence electrons. The third kappa shape index (κ3) is 37.5. The van der Waals surface area contributed by atoms with Gasteiger partial charge in [0.1, 0.15) is 54.2 Å². The first-order chi connectivity index (χ1) is 40.0. The van der Waals surface area contributed by atoms with Crippen LogP contribution < -0.4 is 10.6 Å². The SMILES string of the molecule is C/C=C\O[C@H]1O[C@H](CC)[C@@H](O)[C@H](OCCCCCCCCCC)[C@H]1NC(=O)CC(=O)CCCCCCCCCCC.C/C=C\O[C@H]1O[C@H](CO)[C@@H](O)[C@H](OCCCCCCCCCC)[C@H]1NC(=O)CC(=O)CCCCCCCCCCC. The van der Waals surface area contributed by atoms with Crippen molar-refractivity contribution >= 4 is 23.4 Å². The molecular weight excluding hydrogens is 1040 g/mol. The predicted molar refractivity (Wildman–Crippen MR) is 330 cm³/mol. The zero-order valence-corrected chi connectivity index (χ0v) is 53.2. The van der Waals surface area contributed by atoms with Gasteiger partial charge in [-0.1, -0.05) is 239 Å². The highest BCUT2D eigenvalue weighted by molar-refractivity contribution is 5.98. The maximum atomic E-state index is 12.9. The van der Waals surface area contributed by atoms with Gasteiger partial charge < -0.3 is 54.4 Å². The number of carbonyl (C=O) groups is 4. The third-order valence-corrected chi connectivity index (χ3v) is 15.7. The number of aliphatic hydroxyl groups excluding tert-OH is 3. The zero-order valence-electron chi connectivity index (χ0n) is 53.2. The van der Waals surface area contributed by atoms with E-state index in [2.05, 4.69) is 38.3 Å². The van der Waals surface area contributed by atoms with Gasteiger partial charge in [-0.25, -0.2) is 0 Å². The van der Waals surface area contributed by atoms with Gasteiger partial charge in [0.15, 0.2) is 0 Å². The molecule has 2 aliphatic heterocycles. The van der Waals surface area contributed by atoms with E-state index < -0.39 is 73.8 Å². The summed E-state index contributed by atoms with van der Waals surface area (Å²) < 4.78 is 35.6. The topological polar surface area (TPSA) is 208 Å². The molecule has 0 aromatic rings. The number of aliphatic hydroxyl groups is 3. The molecule has 82 heavy (non-hydrogen) atoms. The number of nitrogens with one attached hydrogen (secondary N) is 2. The molecule has 0 aliphatic carbocycles. The fourth-order valence-electron chi connectivity index (χ4n) is 10.8. The fourth-order valence-corrected chi connectivity index (χ4v) is 10.8. The smallest absolute Gasteiger partial charge is 0.227 e. The van der Waals surface area contributed by atoms with Crippen LogP contribution in [0.2, 0.25) is 0 Å². The van der Waals surface area contributed by atoms with Crippen LogP contribution in [0.1, 0.15) is 299 Å². The summed E-state index contributed by atoms with van der Waals surface area (Å²) >= 11 is 0. The number of unbranched alkanes of at least 4 members (excludes halogenated alkanes) is 30. The lowest BCUT2D eigenvalue weighted by atomic mass is 9.94. The van der Waals surface area contributed by atoms with Crippen LogP contribution in [0.5, 0.6) is 0 Å². The first kappa shape index (κ1) is 77.1. The molecule has 0 saturated carbocycles. The van der Waals surface area contributed by atoms with Gasteiger partial charge in [-0.05, 0) is 46.0 Å². The molecule has 15 nitrogen and oxygen atoms in total. The van der Waals surface area contributed by atoms with Crippen molar-refractivity contribution in [2.75, 3.05) is 19.8 Å². The largest absolute Gasteiger partial charge is 0.471 e. The van der Waals surface area contributed by atoms with Gasteiger partial charge in [0.25, 0.3) is 0 Å². The molecule has 2 fully saturated rings. The van der Waals surface area contributed by atoms with Gasteiger partial charge in [0.05, 0.1) is 38.1 Å². The average Bonchev–Trinajstić information content (AvgIpc) is 3.46. The highest BCUT2D eigenvalue weighted by Gasteiger charge is 2.48. The summed E-state index contributed by atoms with van der Waals surface area (Å²) in [4.78, 5) is 50.9. The second-order valence-corrected chi connectivity index (χ2v) is 23.3. The Morgan fingerprint density at radius 2 is 0.720 bits per heavy atom. The number of hydrogen-bond donors (Lipinski definition) is 5. The van der Waals surface area contributed by atoms with Crippen LogP contribution in [-0.4, -0.2) is 120 Å². The van der Waals surface area contributed by atoms with E-state index in [1.807, 2.05) is 13.8 Å². The molecule has 0 aromatic heterocycles. The molecule has 2 heterocycles. The van der Waals surface area contributed by atoms with Gasteiger partial charge in [-0.2, -0.15) is 0 Å². The lowest BCUT2D eigenvalue weighted by Crippen LogP contribution is -2.65. The number of hydrogen-bond acceptors (Lipinski definition) is 13. The highest BCUT2D eigenvalue weighted by atomic mass is 16.7. The molecule has 2 aliphatic rings. The van der Waals surface area contributed by atoms with E-state index in [1.165, 1.54) is 160 Å². The fraction of sp³-hybridized carbons (Fsp3) is 0.881. The molecule has 0 aromatic carbocycles. The normalized spacial score (nSPS) is 22.7. The van der Waals surface area contributed by atoms with Crippen molar-refractivity contribution in [3.05, 3.63) is 24.7 Å². The van der Waals surface area contributed by atoms with Crippen LogP contribution in [0.15, 0.2) is 24.7 Å². The summed E-state index contributed by atoms with van der Waals surface area (Å²) in [6.07, 6.45) is 40.6. The van der Waals surface area contributed by atoms with Gasteiger partial charge in [-0.3, -0.25) is 19.2 Å². The Kier molecular flexibility index (Phi) is 50.3. The van der Waals surface area contributed by atoms with Gasteiger partial charge >= 0.3 is 0 Å². The Balaban J connectivity index is 0.000000820. The summed E-state index contributed by atoms with van der Waals surface area (Å²) in [7, 11) is 0. The van der Waals surface area contributed by atoms with Crippen molar-refractivity contribution in [3.8, 4) is 0 Å². The van der Waals surface area contributed by atoms with E-state index >= 15 is 0 Å². The lowest BCUT2D eigenvalue weighted by molar-refractivity contribution is -0.263. The Bertz CT molecular complexity index is 1480. The van der Waals surface area contributed by atoms with Crippen molar-refractivity contribution in [3.63, 3.8) is 0 Å². The lowest BCUT2D eigenvalue weighted by Gasteiger charge is -2.44. The number of amides is 2. The molecule has 10 atom stereocenters. The summed E-state index contributed by atoms with van der Waals surface area (Å²) in [5.41, 5.74) is 0. The third-order valence-electron chi connectivity index (χ3n) is 15.7. The Morgan fingerprint density at radius 3 is 1.02 bits per heavy atom. The molecule has 2 saturated heterocycles. The average molecular weight is 1170 g/mol. The van der Waals surface area contributed by atoms with Crippen molar-refractivity contribution in [1.29, 1.82) is 0 Å². The Morgan fingerprint density at radius 1 is 0.427 bits per heavy atom. The molecule has 0 bridgehead atoms. The molecule has 2 rings (SSSR count). The first-order valence-corrected chi connectivity index (χ1v) is 33.6. The molecule has 15 heteroatoms. The summed E-state index contributed by atoms with van der Waals surface area (Å²) in [6, 6.07) is -1.54. The van der Waals surface area contributed by atoms with Crippen LogP contribution in [-0.2, 0) is 47.6 Å². The standard InChI is InChI=1S/C34H63NO6.C33H61NO7/c1-5-9-11-13-15-17-18-20-22-24-28(36)27-30(37)35-31-33(39-26-23-21-19-16-14-12-10-6-2)32(38)29(8-4)41-34(31)40-25-7-3;1-4-7-9-11-13-15-16-18-20-22-27(36)25-29(37)34-30-32(39-24-21-19-17-14-12-10-8-5-2)31(38)28(26-35)41-33(30)40-23-6-3/h7,25,29,31-34,38H,5-6,8-24,26-27H2,1-4H3,(H,35,37);6,23,28,30-33,35,38H,4-5,7-22,24-26H2,1-3H3,(H,34,37)/b25-7-;23-6-/t29-,31-,32-,33-,34+;28-,30-,31-,32-,33+/m11/s1. The van der Waals surface area contributed by atoms with Gasteiger partial charge in [0, 0.05) is 26.1 Å². The molecule has 5 N–H and O–H groups in total. The number of ether oxygens (including phenoxy) is 6. The van der Waals surface area contributed by atoms with Crippen LogP contribution in [0.3, 0.4) is 0 Å². The van der Waals surface area contributed by atoms with E-state index in [0.29, 0.717) is 32.5 Å². The van der Waals surface area contributed by atoms with Gasteiger partial charge in [0.2, 0.25) is 24.4 Å². The van der Waals surface area contributed by atoms with Crippen LogP contribution in [0, 0.1) is 0 Å². The van der Waals surface area contributed by atoms with E-state index in [0.717, 1.165) is 70.6 Å². The molecule has 0 unspecified atom stereocenters. The Labute approximate surface area is 499 Å². The Hall–Kier alpha value is -2.92. The van der Waals surface area contributed by atoms with E-state index in [-0.39, 0.29) is 30.3 Å². The second-order valence-electron chi connectivity index (χ2n) is 23.3. The minimum atomic E-state index is -1.15. The minimum Gasteiger partial charge on any atom is -0.471 e. The molecular formula is C67H124N2O13. The molecule has 0 radical (unpaired) electrons. The van der Waals surface area contributed by atoms with E-state index in [9.17, 15) is 34.5 Å². The van der Waals surface area contributed by atoms with Crippen molar-refractivity contribution in [1.82, 2.24) is 10.6 Å². The molecule has 2 amide bonds. The monoisotopic (exact) mass is 1160 g/mol. The van der Waals surface area contributed by atoms with E-state index in [1.54, 1.807) is 19.1 Å². The van der Waals surface area contributed by atoms with Crippen LogP contribution in [0.25, 0.3) is 0 Å². The highest BCUT2D eigenvalue weighted by Crippen LogP contribution is 2.29. The molecule has 0 spiro atoms. The maximum absolute atomic E-state index is 12.9. The number of Topliss-reactive ketones (excluding diaryl/α,β-unsaturated/α-hetero) is 2. The van der Waals surface area contributed by atoms with Crippen LogP contribution in [0.4, 0.5) is 0 Å². The summed E-state index contributed by atoms with van der Waals surface area (Å²) in [5, 5.41) is 37.5. The van der Waals surface area contributed by atoms with Crippen molar-refractivity contribution in [2.24, 2.45) is 0 Å². The number of rotatable bonds is 52. The van der Waals surface area contributed by atoms with Gasteiger partial charge in [-0.15, -0.1) is 0 Å². The minimum absolute atomic E-state index is 0.0588. The second kappa shape index (κ2) is 53.5. The quantitative estimate of drug-likeness (QED) is 0.0218.